The minimum Gasteiger partial charge on any atom is -0.486 e. The van der Waals surface area contributed by atoms with Gasteiger partial charge in [-0.3, -0.25) is 0 Å². The van der Waals surface area contributed by atoms with Crippen LogP contribution in [0.5, 0.6) is 11.5 Å². The molecule has 1 aliphatic rings. The van der Waals surface area contributed by atoms with Gasteiger partial charge in [0.05, 0.1) is 17.1 Å². The topological polar surface area (TPSA) is 90.9 Å². The maximum atomic E-state index is 12.4. The highest BCUT2D eigenvalue weighted by Crippen LogP contribution is 2.30. The van der Waals surface area contributed by atoms with Gasteiger partial charge in [-0.05, 0) is 48.9 Å². The minimum atomic E-state index is -3.71. The maximum Gasteiger partial charge on any atom is 0.338 e. The van der Waals surface area contributed by atoms with Gasteiger partial charge in [0.15, 0.2) is 11.5 Å². The molecule has 1 aliphatic heterocycles. The van der Waals surface area contributed by atoms with Crippen LogP contribution in [0.25, 0.3) is 0 Å². The van der Waals surface area contributed by atoms with Crippen molar-refractivity contribution in [3.63, 3.8) is 0 Å². The number of benzene rings is 2. The molecular weight excluding hydrogens is 358 g/mol. The third-order valence-electron chi connectivity index (χ3n) is 3.75. The number of nitrogens with one attached hydrogen (secondary N) is 1. The lowest BCUT2D eigenvalue weighted by Crippen LogP contribution is -2.23. The maximum absolute atomic E-state index is 12.4. The Hall–Kier alpha value is -2.58. The average Bonchev–Trinajstić information content (AvgIpc) is 2.66. The Labute approximate surface area is 151 Å². The van der Waals surface area contributed by atoms with Crippen LogP contribution in [0.3, 0.4) is 0 Å². The van der Waals surface area contributed by atoms with E-state index in [0.717, 1.165) is 5.56 Å². The summed E-state index contributed by atoms with van der Waals surface area (Å²) < 4.78 is 43.2. The SMILES string of the molecule is CCOC(=O)c1ccc(S(=O)(=O)NCc2ccc3c(c2)OCCO3)cc1. The van der Waals surface area contributed by atoms with Gasteiger partial charge in [-0.1, -0.05) is 6.07 Å². The Balaban J connectivity index is 1.68. The molecule has 0 atom stereocenters. The standard InChI is InChI=1S/C18H19NO6S/c1-2-23-18(20)14-4-6-15(7-5-14)26(21,22)19-12-13-3-8-16-17(11-13)25-10-9-24-16/h3-8,11,19H,2,9-10,12H2,1H3. The fourth-order valence-corrected chi connectivity index (χ4v) is 3.46. The molecule has 0 unspecified atom stereocenters. The third-order valence-corrected chi connectivity index (χ3v) is 5.17. The monoisotopic (exact) mass is 377 g/mol. The number of sulfonamides is 1. The zero-order chi connectivity index (χ0) is 18.6. The molecule has 3 rings (SSSR count). The summed E-state index contributed by atoms with van der Waals surface area (Å²) in [6.07, 6.45) is 0. The van der Waals surface area contributed by atoms with Crippen molar-refractivity contribution in [3.05, 3.63) is 53.6 Å². The van der Waals surface area contributed by atoms with E-state index < -0.39 is 16.0 Å². The molecule has 26 heavy (non-hydrogen) atoms. The van der Waals surface area contributed by atoms with Crippen molar-refractivity contribution in [2.45, 2.75) is 18.4 Å². The van der Waals surface area contributed by atoms with Crippen LogP contribution in [0.2, 0.25) is 0 Å². The number of carbonyl (C=O) groups is 1. The summed E-state index contributed by atoms with van der Waals surface area (Å²) in [5.41, 5.74) is 1.05. The fraction of sp³-hybridized carbons (Fsp3) is 0.278. The van der Waals surface area contributed by atoms with Gasteiger partial charge in [-0.25, -0.2) is 17.9 Å². The fourth-order valence-electron chi connectivity index (χ4n) is 2.44. The summed E-state index contributed by atoms with van der Waals surface area (Å²) in [4.78, 5) is 11.7. The molecule has 2 aromatic rings. The molecule has 7 nitrogen and oxygen atoms in total. The Morgan fingerprint density at radius 3 is 2.46 bits per heavy atom. The predicted octanol–water partition coefficient (Wildman–Crippen LogP) is 2.11. The van der Waals surface area contributed by atoms with Crippen LogP contribution in [-0.2, 0) is 21.3 Å². The van der Waals surface area contributed by atoms with Crippen LogP contribution in [0.1, 0.15) is 22.8 Å². The van der Waals surface area contributed by atoms with E-state index in [2.05, 4.69) is 4.72 Å². The number of fused-ring (bicyclic) bond motifs is 1. The van der Waals surface area contributed by atoms with E-state index >= 15 is 0 Å². The summed E-state index contributed by atoms with van der Waals surface area (Å²) in [5.74, 6) is 0.768. The molecule has 2 aromatic carbocycles. The molecule has 0 spiro atoms. The number of esters is 1. The van der Waals surface area contributed by atoms with Crippen LogP contribution >= 0.6 is 0 Å². The van der Waals surface area contributed by atoms with Gasteiger partial charge in [0.2, 0.25) is 10.0 Å². The molecule has 0 fully saturated rings. The van der Waals surface area contributed by atoms with Gasteiger partial charge >= 0.3 is 5.97 Å². The first kappa shape index (κ1) is 18.2. The number of ether oxygens (including phenoxy) is 3. The molecule has 0 aliphatic carbocycles. The van der Waals surface area contributed by atoms with E-state index in [1.165, 1.54) is 24.3 Å². The van der Waals surface area contributed by atoms with Crippen molar-refractivity contribution in [1.29, 1.82) is 0 Å². The number of hydrogen-bond acceptors (Lipinski definition) is 6. The molecule has 0 aromatic heterocycles. The molecule has 138 valence electrons. The van der Waals surface area contributed by atoms with Crippen molar-refractivity contribution < 1.29 is 27.4 Å². The molecular formula is C18H19NO6S. The van der Waals surface area contributed by atoms with Gasteiger partial charge in [0.25, 0.3) is 0 Å². The van der Waals surface area contributed by atoms with Gasteiger partial charge in [-0.15, -0.1) is 0 Å². The predicted molar refractivity (Wildman–Crippen MR) is 93.9 cm³/mol. The lowest BCUT2D eigenvalue weighted by molar-refractivity contribution is 0.0526. The van der Waals surface area contributed by atoms with Crippen molar-refractivity contribution in [2.75, 3.05) is 19.8 Å². The molecule has 8 heteroatoms. The van der Waals surface area contributed by atoms with E-state index in [1.807, 2.05) is 0 Å². The van der Waals surface area contributed by atoms with Crippen molar-refractivity contribution in [2.24, 2.45) is 0 Å². The first-order valence-electron chi connectivity index (χ1n) is 8.15. The van der Waals surface area contributed by atoms with E-state index in [4.69, 9.17) is 14.2 Å². The first-order chi connectivity index (χ1) is 12.5. The Bertz CT molecular complexity index is 892. The zero-order valence-electron chi connectivity index (χ0n) is 14.2. The summed E-state index contributed by atoms with van der Waals surface area (Å²) in [7, 11) is -3.71. The molecule has 0 bridgehead atoms. The largest absolute Gasteiger partial charge is 0.486 e. The van der Waals surface area contributed by atoms with E-state index in [9.17, 15) is 13.2 Å². The summed E-state index contributed by atoms with van der Waals surface area (Å²) in [6.45, 7) is 3.04. The number of hydrogen-bond donors (Lipinski definition) is 1. The quantitative estimate of drug-likeness (QED) is 0.776. The average molecular weight is 377 g/mol. The van der Waals surface area contributed by atoms with Crippen molar-refractivity contribution >= 4 is 16.0 Å². The van der Waals surface area contributed by atoms with Gasteiger partial charge in [0.1, 0.15) is 13.2 Å². The lowest BCUT2D eigenvalue weighted by Gasteiger charge is -2.19. The molecule has 1 N–H and O–H groups in total. The van der Waals surface area contributed by atoms with Crippen LogP contribution in [0, 0.1) is 0 Å². The Kier molecular flexibility index (Phi) is 5.43. The van der Waals surface area contributed by atoms with Crippen LogP contribution in [0.15, 0.2) is 47.4 Å². The highest BCUT2D eigenvalue weighted by atomic mass is 32.2. The number of rotatable bonds is 6. The first-order valence-corrected chi connectivity index (χ1v) is 9.63. The smallest absolute Gasteiger partial charge is 0.338 e. The molecule has 0 amide bonds. The second-order valence-electron chi connectivity index (χ2n) is 5.55. The van der Waals surface area contributed by atoms with Gasteiger partial charge in [-0.2, -0.15) is 0 Å². The Morgan fingerprint density at radius 2 is 1.77 bits per heavy atom. The van der Waals surface area contributed by atoms with Gasteiger partial charge < -0.3 is 14.2 Å². The normalized spacial score (nSPS) is 13.3. The highest BCUT2D eigenvalue weighted by molar-refractivity contribution is 7.89. The van der Waals surface area contributed by atoms with Crippen molar-refractivity contribution in [3.8, 4) is 11.5 Å². The van der Waals surface area contributed by atoms with Crippen LogP contribution in [0.4, 0.5) is 0 Å². The van der Waals surface area contributed by atoms with Gasteiger partial charge in [0, 0.05) is 6.54 Å². The second-order valence-corrected chi connectivity index (χ2v) is 7.31. The molecule has 0 saturated carbocycles. The second kappa shape index (κ2) is 7.76. The van der Waals surface area contributed by atoms with E-state index in [-0.39, 0.29) is 18.0 Å². The van der Waals surface area contributed by atoms with E-state index in [1.54, 1.807) is 25.1 Å². The molecule has 0 radical (unpaired) electrons. The Morgan fingerprint density at radius 1 is 1.08 bits per heavy atom. The van der Waals surface area contributed by atoms with Crippen molar-refractivity contribution in [1.82, 2.24) is 4.72 Å². The van der Waals surface area contributed by atoms with Crippen LogP contribution in [-0.4, -0.2) is 34.2 Å². The lowest BCUT2D eigenvalue weighted by atomic mass is 10.2. The molecule has 0 saturated heterocycles. The van der Waals surface area contributed by atoms with E-state index in [0.29, 0.717) is 30.3 Å². The summed E-state index contributed by atoms with van der Waals surface area (Å²) in [5, 5.41) is 0. The molecule has 1 heterocycles. The van der Waals surface area contributed by atoms with Crippen LogP contribution < -0.4 is 14.2 Å². The number of carbonyl (C=O) groups excluding carboxylic acids is 1. The highest BCUT2D eigenvalue weighted by Gasteiger charge is 2.17. The third kappa shape index (κ3) is 4.14. The minimum absolute atomic E-state index is 0.0723. The summed E-state index contributed by atoms with van der Waals surface area (Å²) in [6, 6.07) is 10.9. The zero-order valence-corrected chi connectivity index (χ0v) is 15.0. The summed E-state index contributed by atoms with van der Waals surface area (Å²) >= 11 is 0.